The van der Waals surface area contributed by atoms with Crippen LogP contribution in [-0.4, -0.2) is 10.3 Å². The minimum atomic E-state index is -0.757. The van der Waals surface area contributed by atoms with Crippen molar-refractivity contribution in [1.82, 2.24) is 10.3 Å². The van der Waals surface area contributed by atoms with Gasteiger partial charge >= 0.3 is 0 Å². The highest BCUT2D eigenvalue weighted by Gasteiger charge is 2.13. The fourth-order valence-corrected chi connectivity index (χ4v) is 1.06. The Balaban J connectivity index is 2.58. The van der Waals surface area contributed by atoms with Crippen LogP contribution in [0.2, 0.25) is 0 Å². The first-order valence-electron chi connectivity index (χ1n) is 3.72. The zero-order valence-corrected chi connectivity index (χ0v) is 6.87. The second-order valence-electron chi connectivity index (χ2n) is 2.62. The largest absolute Gasteiger partial charge is 0.379 e. The van der Waals surface area contributed by atoms with Crippen LogP contribution in [0.15, 0.2) is 22.8 Å². The fourth-order valence-electron chi connectivity index (χ4n) is 1.06. The molecule has 0 atom stereocenters. The van der Waals surface area contributed by atoms with Gasteiger partial charge in [0.2, 0.25) is 0 Å². The highest BCUT2D eigenvalue weighted by Crippen LogP contribution is 2.25. The Bertz CT molecular complexity index is 469. The summed E-state index contributed by atoms with van der Waals surface area (Å²) >= 11 is 0. The number of rotatable bonds is 1. The van der Waals surface area contributed by atoms with E-state index in [-0.39, 0.29) is 17.1 Å². The third kappa shape index (κ3) is 1.30. The molecule has 1 heterocycles. The second-order valence-corrected chi connectivity index (χ2v) is 2.62. The third-order valence-electron chi connectivity index (χ3n) is 1.70. The Kier molecular flexibility index (Phi) is 1.88. The monoisotopic (exact) mass is 197 g/mol. The van der Waals surface area contributed by atoms with Gasteiger partial charge in [-0.3, -0.25) is 0 Å². The van der Waals surface area contributed by atoms with E-state index in [1.54, 1.807) is 0 Å². The van der Waals surface area contributed by atoms with Crippen molar-refractivity contribution in [2.24, 2.45) is 0 Å². The van der Waals surface area contributed by atoms with Crippen molar-refractivity contribution in [3.8, 4) is 11.3 Å². The van der Waals surface area contributed by atoms with E-state index in [9.17, 15) is 8.78 Å². The molecule has 2 N–H and O–H groups in total. The topological polar surface area (TPSA) is 64.9 Å². The van der Waals surface area contributed by atoms with E-state index in [0.717, 1.165) is 12.1 Å². The van der Waals surface area contributed by atoms with E-state index in [4.69, 9.17) is 5.73 Å². The van der Waals surface area contributed by atoms with E-state index >= 15 is 0 Å². The van der Waals surface area contributed by atoms with Crippen molar-refractivity contribution >= 4 is 5.82 Å². The summed E-state index contributed by atoms with van der Waals surface area (Å²) in [6.45, 7) is 0. The van der Waals surface area contributed by atoms with Crippen LogP contribution in [0.3, 0.4) is 0 Å². The summed E-state index contributed by atoms with van der Waals surface area (Å²) in [5.41, 5.74) is 5.48. The van der Waals surface area contributed by atoms with Gasteiger partial charge in [-0.1, -0.05) is 0 Å². The smallest absolute Gasteiger partial charge is 0.196 e. The maximum absolute atomic E-state index is 13.2. The van der Waals surface area contributed by atoms with Crippen molar-refractivity contribution in [3.63, 3.8) is 0 Å². The van der Waals surface area contributed by atoms with Gasteiger partial charge in [0, 0.05) is 11.6 Å². The molecule has 2 aromatic rings. The molecule has 2 rings (SSSR count). The maximum atomic E-state index is 13.2. The van der Waals surface area contributed by atoms with Gasteiger partial charge in [-0.15, -0.1) is 0 Å². The number of anilines is 1. The normalized spacial score (nSPS) is 10.4. The van der Waals surface area contributed by atoms with Crippen LogP contribution in [0, 0.1) is 11.6 Å². The first-order chi connectivity index (χ1) is 6.68. The first-order valence-corrected chi connectivity index (χ1v) is 3.72. The van der Waals surface area contributed by atoms with Crippen LogP contribution in [0.4, 0.5) is 14.6 Å². The van der Waals surface area contributed by atoms with E-state index in [0.29, 0.717) is 0 Å². The van der Waals surface area contributed by atoms with Gasteiger partial charge in [-0.25, -0.2) is 13.4 Å². The average Bonchev–Trinajstić information content (AvgIpc) is 2.52. The summed E-state index contributed by atoms with van der Waals surface area (Å²) in [5.74, 6) is -1.45. The molecule has 4 nitrogen and oxygen atoms in total. The molecular formula is C8H5F2N3O. The molecule has 0 unspecified atom stereocenters. The molecule has 0 bridgehead atoms. The predicted octanol–water partition coefficient (Wildman–Crippen LogP) is 1.60. The predicted molar refractivity (Wildman–Crippen MR) is 44.1 cm³/mol. The van der Waals surface area contributed by atoms with Crippen LogP contribution in [-0.2, 0) is 0 Å². The molecule has 0 saturated carbocycles. The maximum Gasteiger partial charge on any atom is 0.196 e. The number of nitrogens with two attached hydrogens (primary N) is 1. The van der Waals surface area contributed by atoms with Crippen LogP contribution in [0.25, 0.3) is 11.3 Å². The van der Waals surface area contributed by atoms with Gasteiger partial charge in [-0.2, -0.15) is 0 Å². The molecule has 0 amide bonds. The summed E-state index contributed by atoms with van der Waals surface area (Å²) < 4.78 is 30.0. The molecule has 1 aromatic heterocycles. The molecule has 6 heteroatoms. The number of halogens is 2. The molecule has 1 aromatic carbocycles. The molecule has 14 heavy (non-hydrogen) atoms. The van der Waals surface area contributed by atoms with Crippen LogP contribution >= 0.6 is 0 Å². The molecule has 0 spiro atoms. The van der Waals surface area contributed by atoms with Gasteiger partial charge in [0.1, 0.15) is 11.6 Å². The summed E-state index contributed by atoms with van der Waals surface area (Å²) in [6.07, 6.45) is 0. The van der Waals surface area contributed by atoms with Crippen molar-refractivity contribution in [2.45, 2.75) is 0 Å². The Morgan fingerprint density at radius 2 is 2.00 bits per heavy atom. The summed E-state index contributed by atoms with van der Waals surface area (Å²) in [7, 11) is 0. The van der Waals surface area contributed by atoms with Gasteiger partial charge < -0.3 is 5.73 Å². The zero-order chi connectivity index (χ0) is 10.1. The molecule has 0 aliphatic rings. The van der Waals surface area contributed by atoms with Crippen LogP contribution < -0.4 is 5.73 Å². The zero-order valence-electron chi connectivity index (χ0n) is 6.87. The molecule has 0 radical (unpaired) electrons. The number of hydrogen-bond donors (Lipinski definition) is 1. The first kappa shape index (κ1) is 8.61. The van der Waals surface area contributed by atoms with Gasteiger partial charge in [0.15, 0.2) is 11.5 Å². The average molecular weight is 197 g/mol. The lowest BCUT2D eigenvalue weighted by atomic mass is 10.1. The molecule has 0 fully saturated rings. The Hall–Kier alpha value is -1.98. The van der Waals surface area contributed by atoms with Gasteiger partial charge in [0.05, 0.1) is 0 Å². The Morgan fingerprint density at radius 1 is 1.21 bits per heavy atom. The molecule has 72 valence electrons. The van der Waals surface area contributed by atoms with Gasteiger partial charge in [0.25, 0.3) is 0 Å². The minimum Gasteiger partial charge on any atom is -0.379 e. The highest BCUT2D eigenvalue weighted by molar-refractivity contribution is 5.69. The van der Waals surface area contributed by atoms with Gasteiger partial charge in [-0.05, 0) is 22.4 Å². The van der Waals surface area contributed by atoms with E-state index in [2.05, 4.69) is 14.9 Å². The Morgan fingerprint density at radius 3 is 2.57 bits per heavy atom. The lowest BCUT2D eigenvalue weighted by Crippen LogP contribution is -1.91. The number of nitrogens with zero attached hydrogens (tertiary/aromatic N) is 2. The summed E-state index contributed by atoms with van der Waals surface area (Å²) in [4.78, 5) is 0. The lowest BCUT2D eigenvalue weighted by Gasteiger charge is -1.98. The SMILES string of the molecule is Nc1nonc1-c1ccc(F)cc1F. The number of nitrogen functional groups attached to an aromatic ring is 1. The van der Waals surface area contributed by atoms with Crippen molar-refractivity contribution < 1.29 is 13.4 Å². The number of hydrogen-bond acceptors (Lipinski definition) is 4. The number of benzene rings is 1. The molecule has 0 aliphatic carbocycles. The number of aromatic nitrogens is 2. The van der Waals surface area contributed by atoms with Crippen molar-refractivity contribution in [1.29, 1.82) is 0 Å². The van der Waals surface area contributed by atoms with E-state index in [1.807, 2.05) is 0 Å². The van der Waals surface area contributed by atoms with Crippen molar-refractivity contribution in [3.05, 3.63) is 29.8 Å². The Labute approximate surface area is 77.3 Å². The third-order valence-corrected chi connectivity index (χ3v) is 1.70. The summed E-state index contributed by atoms with van der Waals surface area (Å²) in [6, 6.07) is 3.07. The minimum absolute atomic E-state index is 0.0319. The molecular weight excluding hydrogens is 192 g/mol. The molecule has 0 saturated heterocycles. The molecule has 0 aliphatic heterocycles. The van der Waals surface area contributed by atoms with Crippen LogP contribution in [0.5, 0.6) is 0 Å². The quantitative estimate of drug-likeness (QED) is 0.753. The fraction of sp³-hybridized carbons (Fsp3) is 0. The standard InChI is InChI=1S/C8H5F2N3O/c9-4-1-2-5(6(10)3-4)7-8(11)13-14-12-7/h1-3H,(H2,11,13). The second kappa shape index (κ2) is 3.06. The van der Waals surface area contributed by atoms with Crippen LogP contribution in [0.1, 0.15) is 0 Å². The highest BCUT2D eigenvalue weighted by atomic mass is 19.1. The van der Waals surface area contributed by atoms with E-state index in [1.165, 1.54) is 6.07 Å². The van der Waals surface area contributed by atoms with E-state index < -0.39 is 11.6 Å². The summed E-state index contributed by atoms with van der Waals surface area (Å²) in [5, 5.41) is 6.69. The van der Waals surface area contributed by atoms with Crippen molar-refractivity contribution in [2.75, 3.05) is 5.73 Å². The lowest BCUT2D eigenvalue weighted by molar-refractivity contribution is 0.310.